The third-order valence-electron chi connectivity index (χ3n) is 5.20. The molecule has 2 amide bonds. The Kier molecular flexibility index (Phi) is 4.09. The van der Waals surface area contributed by atoms with Gasteiger partial charge in [0.2, 0.25) is 0 Å². The van der Waals surface area contributed by atoms with Crippen LogP contribution in [0.15, 0.2) is 30.5 Å². The van der Waals surface area contributed by atoms with Crippen LogP contribution in [0.3, 0.4) is 0 Å². The van der Waals surface area contributed by atoms with Crippen LogP contribution in [0.5, 0.6) is 0 Å². The van der Waals surface area contributed by atoms with E-state index >= 15 is 0 Å². The van der Waals surface area contributed by atoms with E-state index in [1.165, 1.54) is 0 Å². The first kappa shape index (κ1) is 17.5. The molecule has 0 aliphatic carbocycles. The number of ether oxygens (including phenoxy) is 1. The van der Waals surface area contributed by atoms with Gasteiger partial charge in [-0.05, 0) is 26.0 Å². The van der Waals surface area contributed by atoms with E-state index in [-0.39, 0.29) is 12.0 Å². The standard InChI is InChI=1S/C20H22N4O3/c1-13-10-21-14(2)17(22-13)15-5-4-6-16(9-15)18(25)24-8-7-20(12-24)11-23(3)19(26)27-20/h4-6,9-10H,7-8,11-12H2,1-3H3. The number of aryl methyl sites for hydroxylation is 2. The Hall–Kier alpha value is -2.96. The van der Waals surface area contributed by atoms with E-state index in [1.54, 1.807) is 23.0 Å². The van der Waals surface area contributed by atoms with Gasteiger partial charge in [0, 0.05) is 37.3 Å². The average Bonchev–Trinajstić information content (AvgIpc) is 3.18. The molecule has 2 aliphatic heterocycles. The summed E-state index contributed by atoms with van der Waals surface area (Å²) in [6.07, 6.45) is 2.08. The monoisotopic (exact) mass is 366 g/mol. The highest BCUT2D eigenvalue weighted by atomic mass is 16.6. The van der Waals surface area contributed by atoms with Crippen LogP contribution in [0.25, 0.3) is 11.3 Å². The summed E-state index contributed by atoms with van der Waals surface area (Å²) in [6, 6.07) is 7.46. The Morgan fingerprint density at radius 1 is 1.26 bits per heavy atom. The van der Waals surface area contributed by atoms with Crippen molar-refractivity contribution < 1.29 is 14.3 Å². The van der Waals surface area contributed by atoms with Gasteiger partial charge in [-0.3, -0.25) is 9.78 Å². The highest BCUT2D eigenvalue weighted by Crippen LogP contribution is 2.32. The van der Waals surface area contributed by atoms with E-state index in [1.807, 2.05) is 38.1 Å². The lowest BCUT2D eigenvalue weighted by Gasteiger charge is -2.22. The summed E-state index contributed by atoms with van der Waals surface area (Å²) >= 11 is 0. The molecule has 1 aromatic heterocycles. The van der Waals surface area contributed by atoms with Gasteiger partial charge in [-0.25, -0.2) is 9.78 Å². The normalized spacial score (nSPS) is 21.8. The number of nitrogens with zero attached hydrogens (tertiary/aromatic N) is 4. The van der Waals surface area contributed by atoms with Crippen LogP contribution in [0.2, 0.25) is 0 Å². The maximum absolute atomic E-state index is 13.0. The molecule has 0 radical (unpaired) electrons. The van der Waals surface area contributed by atoms with Crippen LogP contribution in [0, 0.1) is 13.8 Å². The molecule has 140 valence electrons. The minimum absolute atomic E-state index is 0.0578. The van der Waals surface area contributed by atoms with E-state index < -0.39 is 5.60 Å². The third kappa shape index (κ3) is 3.13. The molecule has 0 saturated carbocycles. The fourth-order valence-corrected chi connectivity index (χ4v) is 3.82. The number of hydrogen-bond donors (Lipinski definition) is 0. The van der Waals surface area contributed by atoms with E-state index in [2.05, 4.69) is 9.97 Å². The highest BCUT2D eigenvalue weighted by molar-refractivity contribution is 5.95. The molecule has 0 N–H and O–H groups in total. The Morgan fingerprint density at radius 3 is 2.81 bits per heavy atom. The van der Waals surface area contributed by atoms with Gasteiger partial charge in [0.05, 0.1) is 30.2 Å². The van der Waals surface area contributed by atoms with E-state index in [9.17, 15) is 9.59 Å². The number of carbonyl (C=O) groups is 2. The largest absolute Gasteiger partial charge is 0.439 e. The second-order valence-electron chi connectivity index (χ2n) is 7.41. The Morgan fingerprint density at radius 2 is 2.07 bits per heavy atom. The van der Waals surface area contributed by atoms with Crippen molar-refractivity contribution in [2.75, 3.05) is 26.7 Å². The van der Waals surface area contributed by atoms with E-state index in [0.717, 1.165) is 22.6 Å². The molecule has 7 heteroatoms. The van der Waals surface area contributed by atoms with Crippen molar-refractivity contribution in [2.24, 2.45) is 0 Å². The number of amides is 2. The van der Waals surface area contributed by atoms with Gasteiger partial charge >= 0.3 is 6.09 Å². The van der Waals surface area contributed by atoms with Gasteiger partial charge in [0.1, 0.15) is 0 Å². The highest BCUT2D eigenvalue weighted by Gasteiger charge is 2.49. The molecule has 2 saturated heterocycles. The lowest BCUT2D eigenvalue weighted by molar-refractivity contribution is 0.0553. The summed E-state index contributed by atoms with van der Waals surface area (Å²) in [5.74, 6) is -0.0578. The zero-order chi connectivity index (χ0) is 19.2. The minimum Gasteiger partial charge on any atom is -0.439 e. The van der Waals surface area contributed by atoms with Crippen molar-refractivity contribution in [1.82, 2.24) is 19.8 Å². The number of rotatable bonds is 2. The minimum atomic E-state index is -0.572. The molecular formula is C20H22N4O3. The smallest absolute Gasteiger partial charge is 0.410 e. The second kappa shape index (κ2) is 6.33. The number of likely N-dealkylation sites (N-methyl/N-ethyl adjacent to an activating group) is 1. The van der Waals surface area contributed by atoms with Crippen molar-refractivity contribution >= 4 is 12.0 Å². The van der Waals surface area contributed by atoms with Crippen LogP contribution in [0.1, 0.15) is 28.2 Å². The number of hydrogen-bond acceptors (Lipinski definition) is 5. The maximum Gasteiger partial charge on any atom is 0.410 e. The van der Waals surface area contributed by atoms with Crippen molar-refractivity contribution in [3.05, 3.63) is 47.4 Å². The van der Waals surface area contributed by atoms with Crippen molar-refractivity contribution in [1.29, 1.82) is 0 Å². The summed E-state index contributed by atoms with van der Waals surface area (Å²) in [6.45, 7) is 5.33. The third-order valence-corrected chi connectivity index (χ3v) is 5.20. The maximum atomic E-state index is 13.0. The van der Waals surface area contributed by atoms with E-state index in [0.29, 0.717) is 31.6 Å². The zero-order valence-corrected chi connectivity index (χ0v) is 15.7. The number of aromatic nitrogens is 2. The molecule has 1 unspecified atom stereocenters. The first-order valence-corrected chi connectivity index (χ1v) is 9.01. The van der Waals surface area contributed by atoms with Gasteiger partial charge in [0.25, 0.3) is 5.91 Å². The summed E-state index contributed by atoms with van der Waals surface area (Å²) in [5.41, 5.74) is 3.35. The van der Waals surface area contributed by atoms with Crippen molar-refractivity contribution in [3.8, 4) is 11.3 Å². The zero-order valence-electron chi connectivity index (χ0n) is 15.7. The lowest BCUT2D eigenvalue weighted by Crippen LogP contribution is -2.39. The fourth-order valence-electron chi connectivity index (χ4n) is 3.82. The Balaban J connectivity index is 1.57. The summed E-state index contributed by atoms with van der Waals surface area (Å²) < 4.78 is 5.54. The van der Waals surface area contributed by atoms with Crippen molar-refractivity contribution in [2.45, 2.75) is 25.9 Å². The van der Waals surface area contributed by atoms with Crippen LogP contribution < -0.4 is 0 Å². The SMILES string of the molecule is Cc1cnc(C)c(-c2cccc(C(=O)N3CCC4(CN(C)C(=O)O4)C3)c2)n1. The topological polar surface area (TPSA) is 75.6 Å². The van der Waals surface area contributed by atoms with Crippen LogP contribution >= 0.6 is 0 Å². The molecule has 4 rings (SSSR count). The molecule has 7 nitrogen and oxygen atoms in total. The molecule has 2 aliphatic rings. The van der Waals surface area contributed by atoms with Gasteiger partial charge in [-0.15, -0.1) is 0 Å². The van der Waals surface area contributed by atoms with Crippen molar-refractivity contribution in [3.63, 3.8) is 0 Å². The predicted molar refractivity (Wildman–Crippen MR) is 99.3 cm³/mol. The number of likely N-dealkylation sites (tertiary alicyclic amines) is 1. The molecule has 2 fully saturated rings. The van der Waals surface area contributed by atoms with Crippen LogP contribution in [-0.2, 0) is 4.74 Å². The molecule has 1 atom stereocenters. The molecule has 1 aromatic carbocycles. The van der Waals surface area contributed by atoms with Gasteiger partial charge < -0.3 is 14.5 Å². The van der Waals surface area contributed by atoms with Gasteiger partial charge in [0.15, 0.2) is 5.60 Å². The molecule has 2 aromatic rings. The van der Waals surface area contributed by atoms with Crippen LogP contribution in [0.4, 0.5) is 4.79 Å². The molecule has 1 spiro atoms. The lowest BCUT2D eigenvalue weighted by atomic mass is 10.0. The molecule has 0 bridgehead atoms. The first-order chi connectivity index (χ1) is 12.9. The average molecular weight is 366 g/mol. The van der Waals surface area contributed by atoms with Crippen LogP contribution in [-0.4, -0.2) is 64.1 Å². The number of benzene rings is 1. The first-order valence-electron chi connectivity index (χ1n) is 9.01. The number of carbonyl (C=O) groups excluding carboxylic acids is 2. The molecule has 3 heterocycles. The quantitative estimate of drug-likeness (QED) is 0.816. The van der Waals surface area contributed by atoms with E-state index in [4.69, 9.17) is 4.74 Å². The molecule has 27 heavy (non-hydrogen) atoms. The summed E-state index contributed by atoms with van der Waals surface area (Å²) in [5, 5.41) is 0. The molecular weight excluding hydrogens is 344 g/mol. The Labute approximate surface area is 158 Å². The van der Waals surface area contributed by atoms with Gasteiger partial charge in [-0.1, -0.05) is 12.1 Å². The second-order valence-corrected chi connectivity index (χ2v) is 7.41. The predicted octanol–water partition coefficient (Wildman–Crippen LogP) is 2.43. The Bertz CT molecular complexity index is 929. The fraction of sp³-hybridized carbons (Fsp3) is 0.400. The van der Waals surface area contributed by atoms with Gasteiger partial charge in [-0.2, -0.15) is 0 Å². The summed E-state index contributed by atoms with van der Waals surface area (Å²) in [4.78, 5) is 37.0. The summed E-state index contributed by atoms with van der Waals surface area (Å²) in [7, 11) is 1.72.